The van der Waals surface area contributed by atoms with Crippen molar-refractivity contribution >= 4 is 28.2 Å². The number of carboxylic acid groups (broad SMARTS) is 1. The van der Waals surface area contributed by atoms with Crippen LogP contribution in [0.15, 0.2) is 24.3 Å². The summed E-state index contributed by atoms with van der Waals surface area (Å²) >= 11 is 1.23. The van der Waals surface area contributed by atoms with Gasteiger partial charge in [0.25, 0.3) is 0 Å². The lowest BCUT2D eigenvalue weighted by molar-refractivity contribution is -0.136. The monoisotopic (exact) mass is 349 g/mol. The molecule has 7 heteroatoms. The number of carbonyl (C=O) groups is 1. The maximum atomic E-state index is 14.2. The number of benzene rings is 1. The molecule has 3 aromatic rings. The molecule has 0 atom stereocenters. The summed E-state index contributed by atoms with van der Waals surface area (Å²) in [5.74, 6) is -1.37. The van der Waals surface area contributed by atoms with Crippen molar-refractivity contribution in [3.05, 3.63) is 46.2 Å². The van der Waals surface area contributed by atoms with Gasteiger partial charge in [0.2, 0.25) is 0 Å². The van der Waals surface area contributed by atoms with Crippen molar-refractivity contribution < 1.29 is 24.1 Å². The van der Waals surface area contributed by atoms with Gasteiger partial charge in [-0.2, -0.15) is 0 Å². The number of halogens is 1. The molecule has 1 aromatic carbocycles. The average molecular weight is 349 g/mol. The van der Waals surface area contributed by atoms with Gasteiger partial charge >= 0.3 is 5.97 Å². The molecule has 2 N–H and O–H groups in total. The van der Waals surface area contributed by atoms with Gasteiger partial charge in [-0.1, -0.05) is 0 Å². The van der Waals surface area contributed by atoms with Gasteiger partial charge in [0.05, 0.1) is 25.6 Å². The van der Waals surface area contributed by atoms with E-state index >= 15 is 0 Å². The Kier molecular flexibility index (Phi) is 4.19. The van der Waals surface area contributed by atoms with Crippen molar-refractivity contribution in [3.63, 3.8) is 0 Å². The maximum absolute atomic E-state index is 14.2. The summed E-state index contributed by atoms with van der Waals surface area (Å²) in [5, 5.41) is 19.6. The summed E-state index contributed by atoms with van der Waals surface area (Å²) < 4.78 is 21.0. The number of carboxylic acids is 1. The van der Waals surface area contributed by atoms with E-state index in [1.54, 1.807) is 18.2 Å². The molecule has 5 nitrogen and oxygen atoms in total. The van der Waals surface area contributed by atoms with E-state index in [2.05, 4.69) is 0 Å². The molecule has 0 saturated carbocycles. The molecule has 0 radical (unpaired) electrons. The van der Waals surface area contributed by atoms with Gasteiger partial charge in [-0.3, -0.25) is 4.79 Å². The van der Waals surface area contributed by atoms with Crippen molar-refractivity contribution in [3.8, 4) is 10.8 Å². The van der Waals surface area contributed by atoms with Crippen LogP contribution in [-0.2, 0) is 17.8 Å². The molecule has 0 saturated heterocycles. The van der Waals surface area contributed by atoms with Crippen molar-refractivity contribution in [1.82, 2.24) is 4.57 Å². The molecule has 0 unspecified atom stereocenters. The molecular weight excluding hydrogens is 333 g/mol. The summed E-state index contributed by atoms with van der Waals surface area (Å²) in [6.07, 6.45) is -0.153. The van der Waals surface area contributed by atoms with Gasteiger partial charge in [0.1, 0.15) is 0 Å². The first-order valence-electron chi connectivity index (χ1n) is 7.25. The van der Waals surface area contributed by atoms with Crippen LogP contribution in [0.4, 0.5) is 4.39 Å². The molecule has 24 heavy (non-hydrogen) atoms. The highest BCUT2D eigenvalue weighted by atomic mass is 32.1. The van der Waals surface area contributed by atoms with Crippen LogP contribution < -0.4 is 4.74 Å². The van der Waals surface area contributed by atoms with E-state index in [0.29, 0.717) is 23.0 Å². The molecule has 2 aromatic heterocycles. The summed E-state index contributed by atoms with van der Waals surface area (Å²) in [4.78, 5) is 12.1. The number of ether oxygens (including phenoxy) is 1. The lowest BCUT2D eigenvalue weighted by Gasteiger charge is -2.08. The van der Waals surface area contributed by atoms with E-state index in [9.17, 15) is 19.4 Å². The van der Waals surface area contributed by atoms with E-state index in [4.69, 9.17) is 4.74 Å². The highest BCUT2D eigenvalue weighted by Crippen LogP contribution is 2.33. The van der Waals surface area contributed by atoms with Crippen molar-refractivity contribution in [2.75, 3.05) is 7.11 Å². The highest BCUT2D eigenvalue weighted by molar-refractivity contribution is 7.13. The highest BCUT2D eigenvalue weighted by Gasteiger charge is 2.19. The molecule has 0 amide bonds. The third-order valence-electron chi connectivity index (χ3n) is 4.02. The van der Waals surface area contributed by atoms with Crippen LogP contribution in [0.1, 0.15) is 16.1 Å². The van der Waals surface area contributed by atoms with Gasteiger partial charge in [-0.15, -0.1) is 11.3 Å². The van der Waals surface area contributed by atoms with Crippen LogP contribution in [-0.4, -0.2) is 27.9 Å². The topological polar surface area (TPSA) is 71.7 Å². The zero-order valence-corrected chi connectivity index (χ0v) is 14.0. The Balaban J connectivity index is 2.21. The maximum Gasteiger partial charge on any atom is 0.307 e. The number of thiophene rings is 1. The molecule has 0 aliphatic heterocycles. The number of hydrogen-bond donors (Lipinski definition) is 2. The molecule has 2 heterocycles. The average Bonchev–Trinajstić information content (AvgIpc) is 3.03. The number of fused-ring (bicyclic) bond motifs is 1. The largest absolute Gasteiger partial charge is 0.499 e. The van der Waals surface area contributed by atoms with Crippen LogP contribution in [0, 0.1) is 12.7 Å². The molecular formula is C17H16FNO4S. The van der Waals surface area contributed by atoms with Crippen molar-refractivity contribution in [1.29, 1.82) is 0 Å². The van der Waals surface area contributed by atoms with Crippen LogP contribution >= 0.6 is 11.3 Å². The number of aromatic nitrogens is 1. The first-order chi connectivity index (χ1) is 11.4. The van der Waals surface area contributed by atoms with Crippen LogP contribution in [0.25, 0.3) is 10.9 Å². The van der Waals surface area contributed by atoms with E-state index in [1.165, 1.54) is 24.5 Å². The zero-order chi connectivity index (χ0) is 17.4. The van der Waals surface area contributed by atoms with E-state index in [0.717, 1.165) is 10.6 Å². The molecule has 0 aliphatic carbocycles. The molecule has 0 aliphatic rings. The van der Waals surface area contributed by atoms with E-state index in [-0.39, 0.29) is 17.2 Å². The first-order valence-corrected chi connectivity index (χ1v) is 8.07. The van der Waals surface area contributed by atoms with Gasteiger partial charge in [0.15, 0.2) is 16.6 Å². The molecule has 3 rings (SSSR count). The van der Waals surface area contributed by atoms with Crippen LogP contribution in [0.5, 0.6) is 10.8 Å². The molecule has 126 valence electrons. The lowest BCUT2D eigenvalue weighted by atomic mass is 10.1. The summed E-state index contributed by atoms with van der Waals surface area (Å²) in [7, 11) is 1.37. The van der Waals surface area contributed by atoms with E-state index in [1.807, 2.05) is 11.5 Å². The molecule has 0 bridgehead atoms. The van der Waals surface area contributed by atoms with Crippen molar-refractivity contribution in [2.24, 2.45) is 0 Å². The fourth-order valence-corrected chi connectivity index (χ4v) is 3.62. The Bertz CT molecular complexity index is 928. The molecule has 0 spiro atoms. The summed E-state index contributed by atoms with van der Waals surface area (Å²) in [6.45, 7) is 2.25. The van der Waals surface area contributed by atoms with Crippen LogP contribution in [0.3, 0.4) is 0 Å². The smallest absolute Gasteiger partial charge is 0.307 e. The second kappa shape index (κ2) is 6.16. The normalized spacial score (nSPS) is 11.1. The Morgan fingerprint density at radius 2 is 2.12 bits per heavy atom. The number of nitrogens with zero attached hydrogens (tertiary/aromatic N) is 1. The minimum atomic E-state index is -0.950. The minimum Gasteiger partial charge on any atom is -0.499 e. The number of hydrogen-bond acceptors (Lipinski definition) is 4. The quantitative estimate of drug-likeness (QED) is 0.739. The number of rotatable bonds is 5. The third-order valence-corrected chi connectivity index (χ3v) is 4.89. The zero-order valence-electron chi connectivity index (χ0n) is 13.2. The fourth-order valence-electron chi connectivity index (χ4n) is 2.89. The number of methoxy groups -OCH3 is 1. The Morgan fingerprint density at radius 1 is 1.38 bits per heavy atom. The SMILES string of the molecule is COc1cc2c(CC(=O)O)c(C)n(Cc3ccc(O)s3)c2cc1F. The van der Waals surface area contributed by atoms with Crippen molar-refractivity contribution in [2.45, 2.75) is 19.9 Å². The number of aromatic hydroxyl groups is 1. The predicted molar refractivity (Wildman–Crippen MR) is 89.6 cm³/mol. The summed E-state index contributed by atoms with van der Waals surface area (Å²) in [5.41, 5.74) is 2.00. The van der Waals surface area contributed by atoms with Crippen LogP contribution in [0.2, 0.25) is 0 Å². The fraction of sp³-hybridized carbons (Fsp3) is 0.235. The predicted octanol–water partition coefficient (Wildman–Crippen LogP) is 3.54. The minimum absolute atomic E-state index is 0.0834. The van der Waals surface area contributed by atoms with Gasteiger partial charge in [0, 0.05) is 22.0 Å². The van der Waals surface area contributed by atoms with Gasteiger partial charge in [-0.25, -0.2) is 4.39 Å². The molecule has 0 fully saturated rings. The van der Waals surface area contributed by atoms with Gasteiger partial charge < -0.3 is 19.5 Å². The lowest BCUT2D eigenvalue weighted by Crippen LogP contribution is -2.04. The summed E-state index contributed by atoms with van der Waals surface area (Å²) in [6, 6.07) is 6.29. The Morgan fingerprint density at radius 3 is 2.71 bits per heavy atom. The first kappa shape index (κ1) is 16.3. The Labute approximate surface area is 141 Å². The standard InChI is InChI=1S/C17H16FNO4S/c1-9-11(6-16(20)21)12-5-15(23-2)13(18)7-14(12)19(9)8-10-3-4-17(22)24-10/h3-5,7,22H,6,8H2,1-2H3,(H,20,21). The Hall–Kier alpha value is -2.54. The van der Waals surface area contributed by atoms with E-state index < -0.39 is 11.8 Å². The number of aliphatic carboxylic acids is 1. The second-order valence-electron chi connectivity index (χ2n) is 5.46. The van der Waals surface area contributed by atoms with Gasteiger partial charge in [-0.05, 0) is 30.7 Å². The third kappa shape index (κ3) is 2.82. The second-order valence-corrected chi connectivity index (χ2v) is 6.61.